The SMILES string of the molecule is CC(=O)Nc1ccc(C#CCNC(=O)c2ccc3nc[nH]c3c2)cc1. The van der Waals surface area contributed by atoms with Crippen LogP contribution in [0, 0.1) is 11.8 Å². The van der Waals surface area contributed by atoms with Gasteiger partial charge in [0.1, 0.15) is 0 Å². The van der Waals surface area contributed by atoms with E-state index in [0.717, 1.165) is 22.3 Å². The molecule has 0 saturated heterocycles. The number of imidazole rings is 1. The molecule has 1 heterocycles. The highest BCUT2D eigenvalue weighted by Gasteiger charge is 2.05. The summed E-state index contributed by atoms with van der Waals surface area (Å²) in [4.78, 5) is 30.2. The third-order valence-electron chi connectivity index (χ3n) is 3.46. The number of rotatable bonds is 3. The van der Waals surface area contributed by atoms with Gasteiger partial charge in [-0.25, -0.2) is 4.98 Å². The average molecular weight is 332 g/mol. The van der Waals surface area contributed by atoms with Crippen molar-refractivity contribution in [1.29, 1.82) is 0 Å². The van der Waals surface area contributed by atoms with E-state index in [9.17, 15) is 9.59 Å². The van der Waals surface area contributed by atoms with Gasteiger partial charge in [0.15, 0.2) is 0 Å². The number of fused-ring (bicyclic) bond motifs is 1. The van der Waals surface area contributed by atoms with E-state index in [0.29, 0.717) is 5.56 Å². The minimum Gasteiger partial charge on any atom is -0.345 e. The minimum atomic E-state index is -0.188. The second-order valence-corrected chi connectivity index (χ2v) is 5.38. The van der Waals surface area contributed by atoms with Gasteiger partial charge in [-0.3, -0.25) is 9.59 Å². The molecule has 2 aromatic carbocycles. The van der Waals surface area contributed by atoms with E-state index in [1.54, 1.807) is 36.7 Å². The van der Waals surface area contributed by atoms with Crippen molar-refractivity contribution >= 4 is 28.5 Å². The van der Waals surface area contributed by atoms with Crippen LogP contribution >= 0.6 is 0 Å². The predicted octanol–water partition coefficient (Wildman–Crippen LogP) is 2.30. The lowest BCUT2D eigenvalue weighted by Gasteiger charge is -2.02. The van der Waals surface area contributed by atoms with Crippen LogP contribution in [0.2, 0.25) is 0 Å². The number of H-pyrrole nitrogens is 1. The van der Waals surface area contributed by atoms with Crippen LogP contribution in [-0.4, -0.2) is 28.3 Å². The molecule has 0 fully saturated rings. The number of nitrogens with zero attached hydrogens (tertiary/aromatic N) is 1. The minimum absolute atomic E-state index is 0.116. The Labute approximate surface area is 144 Å². The molecule has 3 aromatic rings. The van der Waals surface area contributed by atoms with Gasteiger partial charge in [-0.1, -0.05) is 11.8 Å². The second-order valence-electron chi connectivity index (χ2n) is 5.38. The number of aromatic amines is 1. The van der Waals surface area contributed by atoms with E-state index < -0.39 is 0 Å². The molecular formula is C19H16N4O2. The maximum Gasteiger partial charge on any atom is 0.252 e. The van der Waals surface area contributed by atoms with Gasteiger partial charge in [-0.15, -0.1) is 0 Å². The number of carbonyl (C=O) groups excluding carboxylic acids is 2. The van der Waals surface area contributed by atoms with Crippen LogP contribution in [0.25, 0.3) is 11.0 Å². The standard InChI is InChI=1S/C19H16N4O2/c1-13(24)23-16-7-4-14(5-8-16)3-2-10-20-19(25)15-6-9-17-18(11-15)22-12-21-17/h4-9,11-12H,10H2,1H3,(H,20,25)(H,21,22)(H,23,24). The van der Waals surface area contributed by atoms with E-state index >= 15 is 0 Å². The molecule has 3 rings (SSSR count). The molecule has 0 aliphatic rings. The first-order chi connectivity index (χ1) is 12.1. The molecule has 124 valence electrons. The van der Waals surface area contributed by atoms with E-state index in [1.807, 2.05) is 12.1 Å². The average Bonchev–Trinajstić information content (AvgIpc) is 3.07. The molecule has 0 bridgehead atoms. The number of carbonyl (C=O) groups is 2. The highest BCUT2D eigenvalue weighted by molar-refractivity contribution is 5.97. The molecule has 1 aromatic heterocycles. The lowest BCUT2D eigenvalue weighted by molar-refractivity contribution is -0.114. The Balaban J connectivity index is 1.56. The number of nitrogens with one attached hydrogen (secondary N) is 3. The lowest BCUT2D eigenvalue weighted by atomic mass is 10.2. The first kappa shape index (κ1) is 16.3. The Hall–Kier alpha value is -3.59. The highest BCUT2D eigenvalue weighted by Crippen LogP contribution is 2.11. The summed E-state index contributed by atoms with van der Waals surface area (Å²) in [6.45, 7) is 1.70. The summed E-state index contributed by atoms with van der Waals surface area (Å²) in [7, 11) is 0. The number of benzene rings is 2. The molecular weight excluding hydrogens is 316 g/mol. The van der Waals surface area contributed by atoms with E-state index in [2.05, 4.69) is 32.4 Å². The summed E-state index contributed by atoms with van der Waals surface area (Å²) in [5.74, 6) is 5.57. The van der Waals surface area contributed by atoms with Crippen LogP contribution in [0.15, 0.2) is 48.8 Å². The summed E-state index contributed by atoms with van der Waals surface area (Å²) < 4.78 is 0. The smallest absolute Gasteiger partial charge is 0.252 e. The molecule has 0 aliphatic carbocycles. The largest absolute Gasteiger partial charge is 0.345 e. The molecule has 3 N–H and O–H groups in total. The topological polar surface area (TPSA) is 86.9 Å². The second kappa shape index (κ2) is 7.32. The van der Waals surface area contributed by atoms with Crippen molar-refractivity contribution in [3.63, 3.8) is 0 Å². The van der Waals surface area contributed by atoms with E-state index in [-0.39, 0.29) is 18.4 Å². The van der Waals surface area contributed by atoms with Gasteiger partial charge in [0.2, 0.25) is 5.91 Å². The maximum absolute atomic E-state index is 12.1. The van der Waals surface area contributed by atoms with Crippen molar-refractivity contribution in [3.05, 3.63) is 59.9 Å². The van der Waals surface area contributed by atoms with Crippen LogP contribution in [-0.2, 0) is 4.79 Å². The summed E-state index contributed by atoms with van der Waals surface area (Å²) >= 11 is 0. The van der Waals surface area contributed by atoms with Crippen molar-refractivity contribution in [2.45, 2.75) is 6.92 Å². The normalized spacial score (nSPS) is 9.96. The van der Waals surface area contributed by atoms with Crippen molar-refractivity contribution in [1.82, 2.24) is 15.3 Å². The number of anilines is 1. The Bertz CT molecular complexity index is 978. The summed E-state index contributed by atoms with van der Waals surface area (Å²) in [5, 5.41) is 5.45. The van der Waals surface area contributed by atoms with Gasteiger partial charge in [-0.05, 0) is 42.5 Å². The van der Waals surface area contributed by atoms with E-state index in [1.165, 1.54) is 6.92 Å². The van der Waals surface area contributed by atoms with Gasteiger partial charge in [-0.2, -0.15) is 0 Å². The van der Waals surface area contributed by atoms with Crippen molar-refractivity contribution in [2.75, 3.05) is 11.9 Å². The monoisotopic (exact) mass is 332 g/mol. The summed E-state index contributed by atoms with van der Waals surface area (Å²) in [5.41, 5.74) is 3.72. The maximum atomic E-state index is 12.1. The summed E-state index contributed by atoms with van der Waals surface area (Å²) in [6, 6.07) is 12.5. The zero-order chi connectivity index (χ0) is 17.6. The van der Waals surface area contributed by atoms with Gasteiger partial charge >= 0.3 is 0 Å². The Morgan fingerprint density at radius 2 is 1.96 bits per heavy atom. The van der Waals surface area contributed by atoms with Crippen LogP contribution in [0.5, 0.6) is 0 Å². The molecule has 0 aliphatic heterocycles. The quantitative estimate of drug-likeness (QED) is 0.643. The third-order valence-corrected chi connectivity index (χ3v) is 3.46. The Morgan fingerprint density at radius 3 is 2.72 bits per heavy atom. The molecule has 2 amide bonds. The van der Waals surface area contributed by atoms with Gasteiger partial charge < -0.3 is 15.6 Å². The Kier molecular flexibility index (Phi) is 4.77. The fraction of sp³-hybridized carbons (Fsp3) is 0.105. The van der Waals surface area contributed by atoms with Gasteiger partial charge in [0.25, 0.3) is 5.91 Å². The molecule has 6 nitrogen and oxygen atoms in total. The summed E-state index contributed by atoms with van der Waals surface area (Å²) in [6.07, 6.45) is 1.59. The molecule has 0 spiro atoms. The van der Waals surface area contributed by atoms with Gasteiger partial charge in [0, 0.05) is 23.7 Å². The third kappa shape index (κ3) is 4.24. The van der Waals surface area contributed by atoms with Crippen molar-refractivity contribution in [3.8, 4) is 11.8 Å². The highest BCUT2D eigenvalue weighted by atomic mass is 16.2. The number of aromatic nitrogens is 2. The molecule has 6 heteroatoms. The fourth-order valence-corrected chi connectivity index (χ4v) is 2.29. The lowest BCUT2D eigenvalue weighted by Crippen LogP contribution is -2.23. The predicted molar refractivity (Wildman–Crippen MR) is 96.1 cm³/mol. The molecule has 0 saturated carbocycles. The fourth-order valence-electron chi connectivity index (χ4n) is 2.29. The number of hydrogen-bond donors (Lipinski definition) is 3. The first-order valence-electron chi connectivity index (χ1n) is 7.70. The molecule has 0 atom stereocenters. The molecule has 0 radical (unpaired) electrons. The van der Waals surface area contributed by atoms with Crippen LogP contribution < -0.4 is 10.6 Å². The van der Waals surface area contributed by atoms with Crippen molar-refractivity contribution < 1.29 is 9.59 Å². The van der Waals surface area contributed by atoms with Gasteiger partial charge in [0.05, 0.1) is 23.9 Å². The van der Waals surface area contributed by atoms with Crippen LogP contribution in [0.3, 0.4) is 0 Å². The number of hydrogen-bond acceptors (Lipinski definition) is 3. The number of amides is 2. The van der Waals surface area contributed by atoms with Crippen LogP contribution in [0.1, 0.15) is 22.8 Å². The zero-order valence-electron chi connectivity index (χ0n) is 13.6. The molecule has 0 unspecified atom stereocenters. The van der Waals surface area contributed by atoms with E-state index in [4.69, 9.17) is 0 Å². The van der Waals surface area contributed by atoms with Crippen molar-refractivity contribution in [2.24, 2.45) is 0 Å². The Morgan fingerprint density at radius 1 is 1.16 bits per heavy atom. The zero-order valence-corrected chi connectivity index (χ0v) is 13.6. The first-order valence-corrected chi connectivity index (χ1v) is 7.70. The van der Waals surface area contributed by atoms with Crippen LogP contribution in [0.4, 0.5) is 5.69 Å². The molecule has 25 heavy (non-hydrogen) atoms.